The second-order valence-electron chi connectivity index (χ2n) is 5.67. The Bertz CT molecular complexity index is 299. The number of rotatable bonds is 5. The van der Waals surface area contributed by atoms with Gasteiger partial charge < -0.3 is 4.90 Å². The standard InChI is InChI=1S/C16H25N/c1-4-8-16(9-5-2)13-15(12-14(16)3)17-10-6-7-11-17/h4-5,15H,1-3,6-13H2. The largest absolute Gasteiger partial charge is 0.300 e. The molecule has 1 aliphatic carbocycles. The van der Waals surface area contributed by atoms with Gasteiger partial charge in [-0.2, -0.15) is 0 Å². The number of hydrogen-bond donors (Lipinski definition) is 0. The van der Waals surface area contributed by atoms with Crippen molar-refractivity contribution in [2.24, 2.45) is 5.41 Å². The highest BCUT2D eigenvalue weighted by Gasteiger charge is 2.42. The summed E-state index contributed by atoms with van der Waals surface area (Å²) in [5.41, 5.74) is 1.69. The summed E-state index contributed by atoms with van der Waals surface area (Å²) >= 11 is 0. The van der Waals surface area contributed by atoms with Gasteiger partial charge >= 0.3 is 0 Å². The van der Waals surface area contributed by atoms with Crippen molar-refractivity contribution < 1.29 is 0 Å². The molecule has 1 aliphatic heterocycles. The van der Waals surface area contributed by atoms with Gasteiger partial charge in [-0.15, -0.1) is 13.2 Å². The first-order chi connectivity index (χ1) is 8.22. The number of hydrogen-bond acceptors (Lipinski definition) is 1. The van der Waals surface area contributed by atoms with Gasteiger partial charge in [0, 0.05) is 6.04 Å². The molecule has 1 saturated carbocycles. The fourth-order valence-corrected chi connectivity index (χ4v) is 3.62. The molecule has 0 amide bonds. The molecule has 1 unspecified atom stereocenters. The minimum Gasteiger partial charge on any atom is -0.300 e. The van der Waals surface area contributed by atoms with Crippen molar-refractivity contribution in [3.05, 3.63) is 37.5 Å². The molecule has 1 heterocycles. The molecular weight excluding hydrogens is 206 g/mol. The maximum absolute atomic E-state index is 4.34. The quantitative estimate of drug-likeness (QED) is 0.648. The van der Waals surface area contributed by atoms with Crippen LogP contribution < -0.4 is 0 Å². The number of nitrogens with zero attached hydrogens (tertiary/aromatic N) is 1. The van der Waals surface area contributed by atoms with E-state index in [1.54, 1.807) is 0 Å². The third kappa shape index (κ3) is 2.40. The van der Waals surface area contributed by atoms with Gasteiger partial charge in [-0.1, -0.05) is 24.3 Å². The smallest absolute Gasteiger partial charge is 0.0141 e. The molecule has 2 fully saturated rings. The van der Waals surface area contributed by atoms with Gasteiger partial charge in [0.1, 0.15) is 0 Å². The average Bonchev–Trinajstić information content (AvgIpc) is 2.89. The minimum atomic E-state index is 0.261. The van der Waals surface area contributed by atoms with Gasteiger partial charge in [0.2, 0.25) is 0 Å². The zero-order valence-corrected chi connectivity index (χ0v) is 11.0. The third-order valence-corrected chi connectivity index (χ3v) is 4.59. The van der Waals surface area contributed by atoms with Crippen molar-refractivity contribution in [1.82, 2.24) is 4.90 Å². The molecule has 1 heteroatoms. The molecule has 0 aromatic heterocycles. The van der Waals surface area contributed by atoms with Crippen LogP contribution in [0.5, 0.6) is 0 Å². The van der Waals surface area contributed by atoms with Crippen LogP contribution in [-0.4, -0.2) is 24.0 Å². The molecule has 0 aromatic carbocycles. The Labute approximate surface area is 106 Å². The van der Waals surface area contributed by atoms with E-state index in [4.69, 9.17) is 0 Å². The topological polar surface area (TPSA) is 3.24 Å². The van der Waals surface area contributed by atoms with E-state index >= 15 is 0 Å². The highest BCUT2D eigenvalue weighted by Crippen LogP contribution is 2.49. The molecular formula is C16H25N. The van der Waals surface area contributed by atoms with Crippen molar-refractivity contribution in [2.75, 3.05) is 13.1 Å². The predicted molar refractivity (Wildman–Crippen MR) is 75.0 cm³/mol. The summed E-state index contributed by atoms with van der Waals surface area (Å²) in [5, 5.41) is 0. The molecule has 1 saturated heterocycles. The SMILES string of the molecule is C=CCC1(CC=C)CC(N2CCCC2)CC1=C. The molecule has 0 spiro atoms. The Balaban J connectivity index is 2.09. The van der Waals surface area contributed by atoms with Gasteiger partial charge in [0.25, 0.3) is 0 Å². The van der Waals surface area contributed by atoms with Crippen LogP contribution >= 0.6 is 0 Å². The second kappa shape index (κ2) is 5.22. The molecule has 2 rings (SSSR count). The normalized spacial score (nSPS) is 28.5. The lowest BCUT2D eigenvalue weighted by atomic mass is 9.76. The molecule has 17 heavy (non-hydrogen) atoms. The van der Waals surface area contributed by atoms with Crippen LogP contribution in [0.3, 0.4) is 0 Å². The van der Waals surface area contributed by atoms with Crippen LogP contribution in [0.2, 0.25) is 0 Å². The lowest BCUT2D eigenvalue weighted by molar-refractivity contribution is 0.218. The van der Waals surface area contributed by atoms with E-state index in [0.717, 1.165) is 18.9 Å². The average molecular weight is 231 g/mol. The minimum absolute atomic E-state index is 0.261. The molecule has 0 bridgehead atoms. The molecule has 0 aromatic rings. The van der Waals surface area contributed by atoms with Crippen LogP contribution in [0, 0.1) is 5.41 Å². The van der Waals surface area contributed by atoms with Gasteiger partial charge in [-0.25, -0.2) is 0 Å². The summed E-state index contributed by atoms with van der Waals surface area (Å²) in [5.74, 6) is 0. The number of allylic oxidation sites excluding steroid dienone is 2. The fraction of sp³-hybridized carbons (Fsp3) is 0.625. The summed E-state index contributed by atoms with van der Waals surface area (Å²) in [4.78, 5) is 2.67. The Kier molecular flexibility index (Phi) is 3.88. The third-order valence-electron chi connectivity index (χ3n) is 4.59. The Morgan fingerprint density at radius 3 is 2.29 bits per heavy atom. The Morgan fingerprint density at radius 1 is 1.18 bits per heavy atom. The second-order valence-corrected chi connectivity index (χ2v) is 5.67. The van der Waals surface area contributed by atoms with E-state index in [9.17, 15) is 0 Å². The first-order valence-corrected chi connectivity index (χ1v) is 6.86. The van der Waals surface area contributed by atoms with Gasteiger partial charge in [-0.05, 0) is 57.0 Å². The van der Waals surface area contributed by atoms with Gasteiger partial charge in [-0.3, -0.25) is 0 Å². The first-order valence-electron chi connectivity index (χ1n) is 6.86. The van der Waals surface area contributed by atoms with E-state index in [2.05, 4.69) is 36.8 Å². The van der Waals surface area contributed by atoms with Gasteiger partial charge in [0.15, 0.2) is 0 Å². The van der Waals surface area contributed by atoms with Crippen LogP contribution in [-0.2, 0) is 0 Å². The molecule has 0 N–H and O–H groups in total. The first kappa shape index (κ1) is 12.6. The Morgan fingerprint density at radius 2 is 1.76 bits per heavy atom. The summed E-state index contributed by atoms with van der Waals surface area (Å²) in [6, 6.07) is 0.727. The maximum atomic E-state index is 4.34. The monoisotopic (exact) mass is 231 g/mol. The van der Waals surface area contributed by atoms with Crippen molar-refractivity contribution in [3.63, 3.8) is 0 Å². The lowest BCUT2D eigenvalue weighted by Crippen LogP contribution is -2.31. The van der Waals surface area contributed by atoms with E-state index in [1.165, 1.54) is 44.3 Å². The Hall–Kier alpha value is -0.820. The van der Waals surface area contributed by atoms with Crippen LogP contribution in [0.25, 0.3) is 0 Å². The van der Waals surface area contributed by atoms with Crippen LogP contribution in [0.15, 0.2) is 37.5 Å². The molecule has 1 nitrogen and oxygen atoms in total. The van der Waals surface area contributed by atoms with Crippen molar-refractivity contribution >= 4 is 0 Å². The van der Waals surface area contributed by atoms with Crippen molar-refractivity contribution in [2.45, 2.75) is 44.6 Å². The van der Waals surface area contributed by atoms with Crippen LogP contribution in [0.4, 0.5) is 0 Å². The summed E-state index contributed by atoms with van der Waals surface area (Å²) in [6.45, 7) is 14.8. The van der Waals surface area contributed by atoms with Crippen molar-refractivity contribution in [3.8, 4) is 0 Å². The lowest BCUT2D eigenvalue weighted by Gasteiger charge is -2.30. The molecule has 1 atom stereocenters. The predicted octanol–water partition coefficient (Wildman–Crippen LogP) is 3.94. The summed E-state index contributed by atoms with van der Waals surface area (Å²) in [7, 11) is 0. The fourth-order valence-electron chi connectivity index (χ4n) is 3.62. The van der Waals surface area contributed by atoms with E-state index in [0.29, 0.717) is 0 Å². The molecule has 2 aliphatic rings. The van der Waals surface area contributed by atoms with Crippen LogP contribution in [0.1, 0.15) is 38.5 Å². The summed E-state index contributed by atoms with van der Waals surface area (Å²) in [6.07, 6.45) is 11.4. The van der Waals surface area contributed by atoms with E-state index < -0.39 is 0 Å². The zero-order valence-electron chi connectivity index (χ0n) is 11.0. The maximum Gasteiger partial charge on any atom is 0.0141 e. The van der Waals surface area contributed by atoms with Crippen molar-refractivity contribution in [1.29, 1.82) is 0 Å². The van der Waals surface area contributed by atoms with Gasteiger partial charge in [0.05, 0.1) is 0 Å². The molecule has 0 radical (unpaired) electrons. The molecule has 94 valence electrons. The summed E-state index contributed by atoms with van der Waals surface area (Å²) < 4.78 is 0. The highest BCUT2D eigenvalue weighted by atomic mass is 15.2. The highest BCUT2D eigenvalue weighted by molar-refractivity contribution is 5.22. The zero-order chi connectivity index (χ0) is 12.3. The van der Waals surface area contributed by atoms with E-state index in [-0.39, 0.29) is 5.41 Å². The number of likely N-dealkylation sites (tertiary alicyclic amines) is 1. The van der Waals surface area contributed by atoms with E-state index in [1.807, 2.05) is 0 Å².